The van der Waals surface area contributed by atoms with Crippen molar-refractivity contribution in [2.24, 2.45) is 0 Å². The molecule has 3 aromatic rings. The molecule has 0 aliphatic rings. The van der Waals surface area contributed by atoms with Crippen LogP contribution in [0.4, 0.5) is 14.5 Å². The molecule has 140 valence electrons. The van der Waals surface area contributed by atoms with Crippen LogP contribution in [0, 0.1) is 13.8 Å². The standard InChI is InChI=1S/C20H18F2N2O2S/c1-12-4-3-5-16-13(2)10-18(24-19(12)16)27-11-17(25)23-14-6-8-15(9-7-14)26-20(21)22/h3-10,20H,11H2,1-2H3,(H,23,25). The average Bonchev–Trinajstić information content (AvgIpc) is 2.62. The van der Waals surface area contributed by atoms with Crippen LogP contribution < -0.4 is 10.1 Å². The number of benzene rings is 2. The van der Waals surface area contributed by atoms with E-state index in [-0.39, 0.29) is 17.4 Å². The number of amides is 1. The number of halogens is 2. The van der Waals surface area contributed by atoms with E-state index in [0.29, 0.717) is 5.69 Å². The number of carbonyl (C=O) groups excluding carboxylic acids is 1. The molecule has 27 heavy (non-hydrogen) atoms. The van der Waals surface area contributed by atoms with E-state index >= 15 is 0 Å². The van der Waals surface area contributed by atoms with Gasteiger partial charge in [-0.2, -0.15) is 8.78 Å². The Morgan fingerprint density at radius 1 is 1.15 bits per heavy atom. The number of fused-ring (bicyclic) bond motifs is 1. The van der Waals surface area contributed by atoms with Crippen molar-refractivity contribution in [3.8, 4) is 5.75 Å². The predicted molar refractivity (Wildman–Crippen MR) is 104 cm³/mol. The molecule has 1 heterocycles. The lowest BCUT2D eigenvalue weighted by Crippen LogP contribution is -2.14. The van der Waals surface area contributed by atoms with Gasteiger partial charge in [0.15, 0.2) is 0 Å². The van der Waals surface area contributed by atoms with Crippen molar-refractivity contribution in [3.05, 3.63) is 59.7 Å². The Morgan fingerprint density at radius 3 is 2.59 bits per heavy atom. The van der Waals surface area contributed by atoms with E-state index in [1.807, 2.05) is 38.1 Å². The number of hydrogen-bond acceptors (Lipinski definition) is 4. The van der Waals surface area contributed by atoms with Gasteiger partial charge in [-0.1, -0.05) is 30.0 Å². The largest absolute Gasteiger partial charge is 0.435 e. The highest BCUT2D eigenvalue weighted by Crippen LogP contribution is 2.26. The first-order chi connectivity index (χ1) is 12.9. The van der Waals surface area contributed by atoms with Gasteiger partial charge in [0, 0.05) is 11.1 Å². The molecule has 0 atom stereocenters. The van der Waals surface area contributed by atoms with Crippen LogP contribution in [0.25, 0.3) is 10.9 Å². The molecule has 0 spiro atoms. The normalized spacial score (nSPS) is 11.0. The van der Waals surface area contributed by atoms with Gasteiger partial charge in [0.05, 0.1) is 16.3 Å². The molecular formula is C20H18F2N2O2S. The Kier molecular flexibility index (Phi) is 5.91. The second kappa shape index (κ2) is 8.35. The minimum absolute atomic E-state index is 0.0450. The predicted octanol–water partition coefficient (Wildman–Crippen LogP) is 5.18. The van der Waals surface area contributed by atoms with Gasteiger partial charge in [-0.15, -0.1) is 0 Å². The van der Waals surface area contributed by atoms with Gasteiger partial charge in [0.2, 0.25) is 5.91 Å². The number of hydrogen-bond donors (Lipinski definition) is 1. The molecule has 7 heteroatoms. The summed E-state index contributed by atoms with van der Waals surface area (Å²) in [6.45, 7) is 1.16. The fourth-order valence-corrected chi connectivity index (χ4v) is 3.43. The first-order valence-electron chi connectivity index (χ1n) is 8.27. The van der Waals surface area contributed by atoms with Crippen molar-refractivity contribution in [2.45, 2.75) is 25.5 Å². The highest BCUT2D eigenvalue weighted by atomic mass is 32.2. The van der Waals surface area contributed by atoms with Gasteiger partial charge in [-0.05, 0) is 55.3 Å². The van der Waals surface area contributed by atoms with E-state index in [9.17, 15) is 13.6 Å². The van der Waals surface area contributed by atoms with Gasteiger partial charge >= 0.3 is 6.61 Å². The molecule has 1 amide bonds. The second-order valence-electron chi connectivity index (χ2n) is 5.99. The summed E-state index contributed by atoms with van der Waals surface area (Å²) >= 11 is 1.35. The first-order valence-corrected chi connectivity index (χ1v) is 9.25. The molecule has 4 nitrogen and oxygen atoms in total. The lowest BCUT2D eigenvalue weighted by molar-refractivity contribution is -0.113. The van der Waals surface area contributed by atoms with Gasteiger partial charge in [-0.25, -0.2) is 4.98 Å². The van der Waals surface area contributed by atoms with Crippen LogP contribution in [-0.2, 0) is 4.79 Å². The van der Waals surface area contributed by atoms with E-state index in [1.54, 1.807) is 0 Å². The van der Waals surface area contributed by atoms with Gasteiger partial charge in [0.25, 0.3) is 0 Å². The van der Waals surface area contributed by atoms with Crippen LogP contribution in [0.1, 0.15) is 11.1 Å². The number of aryl methyl sites for hydroxylation is 2. The summed E-state index contributed by atoms with van der Waals surface area (Å²) in [6, 6.07) is 13.8. The lowest BCUT2D eigenvalue weighted by Gasteiger charge is -2.09. The molecule has 0 aliphatic carbocycles. The minimum atomic E-state index is -2.87. The molecule has 0 saturated carbocycles. The van der Waals surface area contributed by atoms with Crippen LogP contribution in [0.2, 0.25) is 0 Å². The van der Waals surface area contributed by atoms with E-state index in [4.69, 9.17) is 0 Å². The summed E-state index contributed by atoms with van der Waals surface area (Å²) in [5, 5.41) is 4.61. The van der Waals surface area contributed by atoms with E-state index < -0.39 is 6.61 Å². The zero-order valence-corrected chi connectivity index (χ0v) is 15.6. The molecule has 1 aromatic heterocycles. The average molecular weight is 388 g/mol. The van der Waals surface area contributed by atoms with Crippen LogP contribution in [-0.4, -0.2) is 23.3 Å². The van der Waals surface area contributed by atoms with Crippen molar-refractivity contribution in [1.29, 1.82) is 0 Å². The Labute approximate surface area is 159 Å². The molecule has 0 saturated heterocycles. The van der Waals surface area contributed by atoms with Crippen molar-refractivity contribution in [3.63, 3.8) is 0 Å². The molecule has 0 radical (unpaired) electrons. The number of aromatic nitrogens is 1. The van der Waals surface area contributed by atoms with Gasteiger partial charge in [-0.3, -0.25) is 4.79 Å². The number of ether oxygens (including phenoxy) is 1. The monoisotopic (exact) mass is 388 g/mol. The summed E-state index contributed by atoms with van der Waals surface area (Å²) in [6.07, 6.45) is 0. The summed E-state index contributed by atoms with van der Waals surface area (Å²) in [4.78, 5) is 16.8. The third-order valence-electron chi connectivity index (χ3n) is 3.94. The Morgan fingerprint density at radius 2 is 1.89 bits per heavy atom. The molecular weight excluding hydrogens is 370 g/mol. The van der Waals surface area contributed by atoms with E-state index in [0.717, 1.165) is 27.1 Å². The highest BCUT2D eigenvalue weighted by molar-refractivity contribution is 7.99. The minimum Gasteiger partial charge on any atom is -0.435 e. The Balaban J connectivity index is 1.62. The number of thioether (sulfide) groups is 1. The van der Waals surface area contributed by atoms with Crippen molar-refractivity contribution in [1.82, 2.24) is 4.98 Å². The summed E-state index contributed by atoms with van der Waals surface area (Å²) < 4.78 is 28.6. The molecule has 2 aromatic carbocycles. The molecule has 0 bridgehead atoms. The third kappa shape index (κ3) is 4.95. The van der Waals surface area contributed by atoms with Gasteiger partial charge in [0.1, 0.15) is 5.75 Å². The maximum absolute atomic E-state index is 12.2. The second-order valence-corrected chi connectivity index (χ2v) is 6.98. The number of carbonyl (C=O) groups is 1. The fraction of sp³-hybridized carbons (Fsp3) is 0.200. The van der Waals surface area contributed by atoms with E-state index in [2.05, 4.69) is 15.0 Å². The van der Waals surface area contributed by atoms with Crippen molar-refractivity contribution < 1.29 is 18.3 Å². The topological polar surface area (TPSA) is 51.2 Å². The van der Waals surface area contributed by atoms with E-state index in [1.165, 1.54) is 36.0 Å². The molecule has 0 fully saturated rings. The lowest BCUT2D eigenvalue weighted by atomic mass is 10.1. The quantitative estimate of drug-likeness (QED) is 0.591. The number of rotatable bonds is 6. The Bertz CT molecular complexity index is 962. The zero-order valence-electron chi connectivity index (χ0n) is 14.8. The number of nitrogens with one attached hydrogen (secondary N) is 1. The number of pyridine rings is 1. The van der Waals surface area contributed by atoms with Crippen LogP contribution >= 0.6 is 11.8 Å². The first kappa shape index (κ1) is 19.1. The number of nitrogens with zero attached hydrogens (tertiary/aromatic N) is 1. The van der Waals surface area contributed by atoms with Crippen LogP contribution in [0.5, 0.6) is 5.75 Å². The maximum atomic E-state index is 12.2. The number of anilines is 1. The Hall–Kier alpha value is -2.67. The molecule has 0 aliphatic heterocycles. The van der Waals surface area contributed by atoms with Crippen LogP contribution in [0.15, 0.2) is 53.6 Å². The number of para-hydroxylation sites is 1. The maximum Gasteiger partial charge on any atom is 0.387 e. The highest BCUT2D eigenvalue weighted by Gasteiger charge is 2.09. The molecule has 0 unspecified atom stereocenters. The van der Waals surface area contributed by atoms with Crippen molar-refractivity contribution in [2.75, 3.05) is 11.1 Å². The summed E-state index contributed by atoms with van der Waals surface area (Å²) in [7, 11) is 0. The molecule has 1 N–H and O–H groups in total. The van der Waals surface area contributed by atoms with Crippen molar-refractivity contribution >= 4 is 34.3 Å². The molecule has 3 rings (SSSR count). The summed E-state index contributed by atoms with van der Waals surface area (Å²) in [5.74, 6) is 0.0366. The third-order valence-corrected chi connectivity index (χ3v) is 4.85. The fourth-order valence-electron chi connectivity index (χ4n) is 2.66. The SMILES string of the molecule is Cc1cc(SCC(=O)Nc2ccc(OC(F)F)cc2)nc2c(C)cccc12. The summed E-state index contributed by atoms with van der Waals surface area (Å²) in [5.41, 5.74) is 3.66. The zero-order chi connectivity index (χ0) is 19.4. The number of alkyl halides is 2. The smallest absolute Gasteiger partial charge is 0.387 e. The van der Waals surface area contributed by atoms with Crippen LogP contribution in [0.3, 0.4) is 0 Å². The van der Waals surface area contributed by atoms with Gasteiger partial charge < -0.3 is 10.1 Å².